The Kier molecular flexibility index (Phi) is 70.5. The highest BCUT2D eigenvalue weighted by Crippen LogP contribution is 2.20. The van der Waals surface area contributed by atoms with Gasteiger partial charge in [0, 0.05) is 19.3 Å². The maximum Gasteiger partial charge on any atom is 0.306 e. The molecular formula is C76H148O6. The average Bonchev–Trinajstić information content (AvgIpc) is 3.48. The molecule has 0 rings (SSSR count). The minimum Gasteiger partial charge on any atom is -0.462 e. The SMILES string of the molecule is CCCCCCCCCCCCCCCCCCCCCCCCCCCCCCCCCCC(=O)OCC(COC(=O)CCCCCCCCCCCCC)OC(=O)CCCCCCCCCCCCCCCCCCCCCCC. The molecule has 488 valence electrons. The van der Waals surface area contributed by atoms with Gasteiger partial charge in [0.25, 0.3) is 0 Å². The van der Waals surface area contributed by atoms with Crippen molar-refractivity contribution in [3.8, 4) is 0 Å². The van der Waals surface area contributed by atoms with Crippen molar-refractivity contribution in [2.24, 2.45) is 0 Å². The molecule has 0 radical (unpaired) electrons. The summed E-state index contributed by atoms with van der Waals surface area (Å²) in [5.41, 5.74) is 0. The highest BCUT2D eigenvalue weighted by Gasteiger charge is 2.20. The van der Waals surface area contributed by atoms with E-state index in [0.717, 1.165) is 57.8 Å². The van der Waals surface area contributed by atoms with Crippen LogP contribution < -0.4 is 0 Å². The molecule has 1 unspecified atom stereocenters. The van der Waals surface area contributed by atoms with E-state index >= 15 is 0 Å². The summed E-state index contributed by atoms with van der Waals surface area (Å²) in [4.78, 5) is 38.4. The minimum atomic E-state index is -0.763. The van der Waals surface area contributed by atoms with Crippen molar-refractivity contribution in [2.75, 3.05) is 13.2 Å². The molecule has 0 aliphatic rings. The summed E-state index contributed by atoms with van der Waals surface area (Å²) in [7, 11) is 0. The maximum atomic E-state index is 12.9. The third-order valence-electron chi connectivity index (χ3n) is 17.9. The monoisotopic (exact) mass is 1160 g/mol. The van der Waals surface area contributed by atoms with Crippen molar-refractivity contribution in [3.05, 3.63) is 0 Å². The Hall–Kier alpha value is -1.59. The molecule has 0 spiro atoms. The Bertz CT molecular complexity index is 1240. The van der Waals surface area contributed by atoms with Gasteiger partial charge in [0.15, 0.2) is 6.10 Å². The molecule has 0 saturated heterocycles. The van der Waals surface area contributed by atoms with Gasteiger partial charge in [-0.3, -0.25) is 14.4 Å². The fourth-order valence-corrected chi connectivity index (χ4v) is 12.2. The van der Waals surface area contributed by atoms with Gasteiger partial charge in [-0.1, -0.05) is 412 Å². The van der Waals surface area contributed by atoms with E-state index in [1.165, 1.54) is 353 Å². The molecule has 0 aromatic carbocycles. The zero-order valence-electron chi connectivity index (χ0n) is 56.3. The van der Waals surface area contributed by atoms with Crippen molar-refractivity contribution in [1.29, 1.82) is 0 Å². The molecule has 0 saturated carbocycles. The molecule has 6 nitrogen and oxygen atoms in total. The van der Waals surface area contributed by atoms with Gasteiger partial charge in [-0.25, -0.2) is 0 Å². The first-order valence-electron chi connectivity index (χ1n) is 38.0. The predicted molar refractivity (Wildman–Crippen MR) is 358 cm³/mol. The summed E-state index contributed by atoms with van der Waals surface area (Å²) in [5, 5.41) is 0. The first-order chi connectivity index (χ1) is 40.5. The van der Waals surface area contributed by atoms with Crippen LogP contribution in [-0.4, -0.2) is 37.2 Å². The number of carbonyl (C=O) groups excluding carboxylic acids is 3. The lowest BCUT2D eigenvalue weighted by Crippen LogP contribution is -2.30. The van der Waals surface area contributed by atoms with E-state index in [2.05, 4.69) is 20.8 Å². The van der Waals surface area contributed by atoms with Gasteiger partial charge in [0.1, 0.15) is 13.2 Å². The number of ether oxygens (including phenoxy) is 3. The van der Waals surface area contributed by atoms with E-state index in [1.54, 1.807) is 0 Å². The van der Waals surface area contributed by atoms with Crippen molar-refractivity contribution < 1.29 is 28.6 Å². The lowest BCUT2D eigenvalue weighted by atomic mass is 10.0. The number of esters is 3. The van der Waals surface area contributed by atoms with Gasteiger partial charge < -0.3 is 14.2 Å². The minimum absolute atomic E-state index is 0.0603. The van der Waals surface area contributed by atoms with Gasteiger partial charge in [-0.2, -0.15) is 0 Å². The van der Waals surface area contributed by atoms with Crippen molar-refractivity contribution >= 4 is 17.9 Å². The second-order valence-electron chi connectivity index (χ2n) is 26.3. The summed E-state index contributed by atoms with van der Waals surface area (Å²) in [6.07, 6.45) is 86.0. The second kappa shape index (κ2) is 71.9. The molecule has 6 heteroatoms. The molecule has 0 bridgehead atoms. The van der Waals surface area contributed by atoms with E-state index < -0.39 is 6.10 Å². The summed E-state index contributed by atoms with van der Waals surface area (Å²) in [5.74, 6) is -0.820. The Labute approximate surface area is 514 Å². The van der Waals surface area contributed by atoms with E-state index in [9.17, 15) is 14.4 Å². The van der Waals surface area contributed by atoms with Crippen LogP contribution in [0.15, 0.2) is 0 Å². The van der Waals surface area contributed by atoms with Gasteiger partial charge in [-0.15, -0.1) is 0 Å². The Morgan fingerprint density at radius 3 is 0.488 bits per heavy atom. The van der Waals surface area contributed by atoms with Gasteiger partial charge in [0.2, 0.25) is 0 Å². The van der Waals surface area contributed by atoms with Crippen molar-refractivity contribution in [1.82, 2.24) is 0 Å². The van der Waals surface area contributed by atoms with Crippen LogP contribution >= 0.6 is 0 Å². The molecule has 0 fully saturated rings. The third-order valence-corrected chi connectivity index (χ3v) is 17.9. The summed E-state index contributed by atoms with van der Waals surface area (Å²) in [6, 6.07) is 0. The van der Waals surface area contributed by atoms with Crippen LogP contribution in [0, 0.1) is 0 Å². The molecule has 0 amide bonds. The topological polar surface area (TPSA) is 78.9 Å². The van der Waals surface area contributed by atoms with Crippen LogP contribution in [0.1, 0.15) is 451 Å². The van der Waals surface area contributed by atoms with Gasteiger partial charge in [-0.05, 0) is 19.3 Å². The molecule has 0 aliphatic heterocycles. The lowest BCUT2D eigenvalue weighted by Gasteiger charge is -2.18. The fraction of sp³-hybridized carbons (Fsp3) is 0.961. The van der Waals surface area contributed by atoms with E-state index in [4.69, 9.17) is 14.2 Å². The van der Waals surface area contributed by atoms with Crippen LogP contribution in [0.5, 0.6) is 0 Å². The van der Waals surface area contributed by atoms with Crippen LogP contribution in [0.3, 0.4) is 0 Å². The third kappa shape index (κ3) is 69.2. The predicted octanol–water partition coefficient (Wildman–Crippen LogP) is 26.2. The number of unbranched alkanes of at least 4 members (excludes halogenated alkanes) is 61. The molecule has 0 N–H and O–H groups in total. The largest absolute Gasteiger partial charge is 0.462 e. The molecule has 1 atom stereocenters. The quantitative estimate of drug-likeness (QED) is 0.0343. The number of rotatable bonds is 72. The second-order valence-corrected chi connectivity index (χ2v) is 26.3. The summed E-state index contributed by atoms with van der Waals surface area (Å²) >= 11 is 0. The summed E-state index contributed by atoms with van der Waals surface area (Å²) < 4.78 is 17.0. The standard InChI is InChI=1S/C76H148O6/c1-4-7-10-13-16-19-22-24-26-28-30-32-33-34-35-36-37-38-39-40-41-42-44-45-47-49-51-54-57-60-63-66-69-75(78)81-72-73(71-80-74(77)68-65-62-59-56-53-21-18-15-12-9-6-3)82-76(79)70-67-64-61-58-55-52-50-48-46-43-31-29-27-25-23-20-17-14-11-8-5-2/h73H,4-72H2,1-3H3. The molecule has 82 heavy (non-hydrogen) atoms. The number of carbonyl (C=O) groups is 3. The van der Waals surface area contributed by atoms with Crippen LogP contribution in [-0.2, 0) is 28.6 Å². The normalized spacial score (nSPS) is 11.9. The van der Waals surface area contributed by atoms with Crippen LogP contribution in [0.2, 0.25) is 0 Å². The maximum absolute atomic E-state index is 12.9. The highest BCUT2D eigenvalue weighted by molar-refractivity contribution is 5.71. The number of hydrogen-bond acceptors (Lipinski definition) is 6. The van der Waals surface area contributed by atoms with Gasteiger partial charge >= 0.3 is 17.9 Å². The molecule has 0 heterocycles. The van der Waals surface area contributed by atoms with Crippen LogP contribution in [0.25, 0.3) is 0 Å². The lowest BCUT2D eigenvalue weighted by molar-refractivity contribution is -0.167. The highest BCUT2D eigenvalue weighted by atomic mass is 16.6. The van der Waals surface area contributed by atoms with Crippen molar-refractivity contribution in [2.45, 2.75) is 457 Å². The Balaban J connectivity index is 4.05. The molecular weight excluding hydrogens is 1010 g/mol. The first kappa shape index (κ1) is 80.4. The van der Waals surface area contributed by atoms with Gasteiger partial charge in [0.05, 0.1) is 0 Å². The Morgan fingerprint density at radius 2 is 0.329 bits per heavy atom. The average molecular weight is 1160 g/mol. The molecule has 0 aromatic rings. The molecule has 0 aromatic heterocycles. The van der Waals surface area contributed by atoms with E-state index in [-0.39, 0.29) is 31.1 Å². The number of hydrogen-bond donors (Lipinski definition) is 0. The first-order valence-corrected chi connectivity index (χ1v) is 38.0. The smallest absolute Gasteiger partial charge is 0.306 e. The van der Waals surface area contributed by atoms with E-state index in [0.29, 0.717) is 19.3 Å². The zero-order chi connectivity index (χ0) is 59.2. The Morgan fingerprint density at radius 1 is 0.195 bits per heavy atom. The van der Waals surface area contributed by atoms with Crippen LogP contribution in [0.4, 0.5) is 0 Å². The summed E-state index contributed by atoms with van der Waals surface area (Å²) in [6.45, 7) is 6.74. The van der Waals surface area contributed by atoms with Crippen molar-refractivity contribution in [3.63, 3.8) is 0 Å². The fourth-order valence-electron chi connectivity index (χ4n) is 12.2. The molecule has 0 aliphatic carbocycles. The zero-order valence-corrected chi connectivity index (χ0v) is 56.3. The van der Waals surface area contributed by atoms with E-state index in [1.807, 2.05) is 0 Å².